The Morgan fingerprint density at radius 3 is 2.00 bits per heavy atom. The lowest BCUT2D eigenvalue weighted by atomic mass is 10.1. The van der Waals surface area contributed by atoms with Crippen LogP contribution < -0.4 is 9.62 Å². The van der Waals surface area contributed by atoms with Crippen LogP contribution in [0.3, 0.4) is 0 Å². The zero-order valence-corrected chi connectivity index (χ0v) is 18.1. The third-order valence-electron chi connectivity index (χ3n) is 4.35. The summed E-state index contributed by atoms with van der Waals surface area (Å²) in [6.07, 6.45) is 1.99. The lowest BCUT2D eigenvalue weighted by molar-refractivity contribution is -0.122. The molecule has 0 spiro atoms. The molecule has 7 nitrogen and oxygen atoms in total. The average Bonchev–Trinajstić information content (AvgIpc) is 2.61. The smallest absolute Gasteiger partial charge is 0.244 e. The zero-order chi connectivity index (χ0) is 22.0. The van der Waals surface area contributed by atoms with Crippen LogP contribution in [0.25, 0.3) is 0 Å². The molecule has 2 unspecified atom stereocenters. The first-order valence-electron chi connectivity index (χ1n) is 8.66. The van der Waals surface area contributed by atoms with Gasteiger partial charge in [-0.1, -0.05) is 24.3 Å². The van der Waals surface area contributed by atoms with Crippen molar-refractivity contribution < 1.29 is 26.0 Å². The molecule has 0 aliphatic heterocycles. The van der Waals surface area contributed by atoms with Crippen molar-refractivity contribution in [3.8, 4) is 0 Å². The molecule has 0 radical (unpaired) electrons. The molecule has 2 rings (SSSR count). The van der Waals surface area contributed by atoms with Crippen LogP contribution in [0, 0.1) is 5.82 Å². The maximum Gasteiger partial charge on any atom is 0.244 e. The van der Waals surface area contributed by atoms with Gasteiger partial charge in [0.25, 0.3) is 0 Å². The largest absolute Gasteiger partial charge is 0.348 e. The third-order valence-corrected chi connectivity index (χ3v) is 6.70. The van der Waals surface area contributed by atoms with Crippen molar-refractivity contribution in [2.24, 2.45) is 0 Å². The molecule has 0 bridgehead atoms. The zero-order valence-electron chi connectivity index (χ0n) is 16.5. The summed E-state index contributed by atoms with van der Waals surface area (Å²) in [4.78, 5) is 12.8. The summed E-state index contributed by atoms with van der Waals surface area (Å²) in [7, 11) is -7.28. The van der Waals surface area contributed by atoms with Gasteiger partial charge in [0.15, 0.2) is 9.84 Å². The van der Waals surface area contributed by atoms with Gasteiger partial charge in [-0.3, -0.25) is 9.10 Å². The number of halogens is 1. The number of hydrogen-bond donors (Lipinski definition) is 1. The lowest BCUT2D eigenvalue weighted by Gasteiger charge is -2.29. The van der Waals surface area contributed by atoms with Gasteiger partial charge >= 0.3 is 0 Å². The molecule has 2 aromatic rings. The predicted molar refractivity (Wildman–Crippen MR) is 109 cm³/mol. The number of carbonyl (C=O) groups excluding carboxylic acids is 1. The van der Waals surface area contributed by atoms with Crippen LogP contribution in [0.15, 0.2) is 53.4 Å². The van der Waals surface area contributed by atoms with Gasteiger partial charge in [-0.05, 0) is 43.7 Å². The molecule has 0 heterocycles. The summed E-state index contributed by atoms with van der Waals surface area (Å²) in [5.74, 6) is -1.39. The van der Waals surface area contributed by atoms with Crippen LogP contribution in [0.5, 0.6) is 0 Å². The fraction of sp³-hybridized carbons (Fsp3) is 0.316. The topological polar surface area (TPSA) is 101 Å². The van der Waals surface area contributed by atoms with Gasteiger partial charge < -0.3 is 5.32 Å². The van der Waals surface area contributed by atoms with Crippen molar-refractivity contribution in [2.75, 3.05) is 16.8 Å². The van der Waals surface area contributed by atoms with Gasteiger partial charge in [-0.25, -0.2) is 21.2 Å². The summed E-state index contributed by atoms with van der Waals surface area (Å²) < 4.78 is 62.5. The summed E-state index contributed by atoms with van der Waals surface area (Å²) >= 11 is 0. The summed E-state index contributed by atoms with van der Waals surface area (Å²) in [5, 5.41) is 2.68. The molecule has 2 aromatic carbocycles. The first-order chi connectivity index (χ1) is 13.3. The number of nitrogens with zero attached hydrogens (tertiary/aromatic N) is 1. The number of hydrogen-bond acceptors (Lipinski definition) is 5. The molecule has 0 aromatic heterocycles. The number of nitrogens with one attached hydrogen (secondary N) is 1. The number of sulfonamides is 1. The Labute approximate surface area is 170 Å². The molecular weight excluding hydrogens is 419 g/mol. The minimum atomic E-state index is -3.94. The van der Waals surface area contributed by atoms with Gasteiger partial charge in [-0.15, -0.1) is 0 Å². The van der Waals surface area contributed by atoms with Crippen LogP contribution in [0.2, 0.25) is 0 Å². The molecule has 29 heavy (non-hydrogen) atoms. The Bertz CT molecular complexity index is 1100. The monoisotopic (exact) mass is 442 g/mol. The fourth-order valence-corrected chi connectivity index (χ4v) is 4.64. The number of rotatable bonds is 7. The van der Waals surface area contributed by atoms with Crippen LogP contribution in [-0.4, -0.2) is 41.3 Å². The SMILES string of the molecule is CC(NC(=O)C(C)N(c1ccccc1F)S(C)(=O)=O)c1ccc(S(C)(=O)=O)cc1. The van der Waals surface area contributed by atoms with Crippen LogP contribution >= 0.6 is 0 Å². The highest BCUT2D eigenvalue weighted by Gasteiger charge is 2.31. The predicted octanol–water partition coefficient (Wildman–Crippen LogP) is 2.26. The number of anilines is 1. The van der Waals surface area contributed by atoms with Crippen LogP contribution in [0.4, 0.5) is 10.1 Å². The minimum Gasteiger partial charge on any atom is -0.348 e. The first-order valence-corrected chi connectivity index (χ1v) is 12.4. The quantitative estimate of drug-likeness (QED) is 0.709. The Hall–Kier alpha value is -2.46. The van der Waals surface area contributed by atoms with Crippen molar-refractivity contribution in [3.63, 3.8) is 0 Å². The second-order valence-corrected chi connectivity index (χ2v) is 10.6. The van der Waals surface area contributed by atoms with Crippen molar-refractivity contribution in [2.45, 2.75) is 30.8 Å². The van der Waals surface area contributed by atoms with Crippen molar-refractivity contribution >= 4 is 31.5 Å². The van der Waals surface area contributed by atoms with Crippen LogP contribution in [-0.2, 0) is 24.7 Å². The van der Waals surface area contributed by atoms with E-state index in [1.54, 1.807) is 19.1 Å². The Balaban J connectivity index is 2.24. The normalized spacial score (nSPS) is 14.1. The van der Waals surface area contributed by atoms with E-state index in [1.807, 2.05) is 0 Å². The molecule has 0 saturated carbocycles. The van der Waals surface area contributed by atoms with Gasteiger partial charge in [0, 0.05) is 6.26 Å². The van der Waals surface area contributed by atoms with E-state index in [1.165, 1.54) is 37.3 Å². The molecule has 0 fully saturated rings. The van der Waals surface area contributed by atoms with Gasteiger partial charge in [0.1, 0.15) is 11.9 Å². The fourth-order valence-electron chi connectivity index (χ4n) is 2.83. The Kier molecular flexibility index (Phi) is 6.69. The molecule has 10 heteroatoms. The molecule has 1 N–H and O–H groups in total. The van der Waals surface area contributed by atoms with E-state index in [0.29, 0.717) is 5.56 Å². The highest BCUT2D eigenvalue weighted by molar-refractivity contribution is 7.92. The number of para-hydroxylation sites is 1. The first kappa shape index (κ1) is 22.8. The summed E-state index contributed by atoms with van der Waals surface area (Å²) in [6, 6.07) is 9.56. The van der Waals surface area contributed by atoms with Gasteiger partial charge in [-0.2, -0.15) is 0 Å². The maximum atomic E-state index is 14.2. The Morgan fingerprint density at radius 2 is 1.52 bits per heavy atom. The van der Waals surface area contributed by atoms with E-state index in [-0.39, 0.29) is 10.6 Å². The van der Waals surface area contributed by atoms with E-state index >= 15 is 0 Å². The van der Waals surface area contributed by atoms with E-state index in [9.17, 15) is 26.0 Å². The molecule has 0 aliphatic carbocycles. The van der Waals surface area contributed by atoms with Crippen molar-refractivity contribution in [1.29, 1.82) is 0 Å². The molecule has 0 aliphatic rings. The maximum absolute atomic E-state index is 14.2. The van der Waals surface area contributed by atoms with Crippen LogP contribution in [0.1, 0.15) is 25.5 Å². The van der Waals surface area contributed by atoms with E-state index < -0.39 is 43.7 Å². The highest BCUT2D eigenvalue weighted by Crippen LogP contribution is 2.24. The lowest BCUT2D eigenvalue weighted by Crippen LogP contribution is -2.48. The average molecular weight is 443 g/mol. The standard InChI is InChI=1S/C19H23FN2O5S2/c1-13(15-9-11-16(12-10-15)28(3,24)25)21-19(23)14(2)22(29(4,26)27)18-8-6-5-7-17(18)20/h5-14H,1-4H3,(H,21,23). The summed E-state index contributed by atoms with van der Waals surface area (Å²) in [5.41, 5.74) is 0.414. The molecule has 2 atom stereocenters. The second-order valence-electron chi connectivity index (χ2n) is 6.76. The summed E-state index contributed by atoms with van der Waals surface area (Å²) in [6.45, 7) is 3.04. The number of sulfone groups is 1. The highest BCUT2D eigenvalue weighted by atomic mass is 32.2. The third kappa shape index (κ3) is 5.54. The second kappa shape index (κ2) is 8.50. The molecule has 1 amide bonds. The van der Waals surface area contributed by atoms with E-state index in [4.69, 9.17) is 0 Å². The van der Waals surface area contributed by atoms with Crippen molar-refractivity contribution in [3.05, 3.63) is 59.9 Å². The minimum absolute atomic E-state index is 0.149. The van der Waals surface area contributed by atoms with E-state index in [2.05, 4.69) is 5.32 Å². The number of amides is 1. The van der Waals surface area contributed by atoms with Crippen molar-refractivity contribution in [1.82, 2.24) is 5.32 Å². The Morgan fingerprint density at radius 1 is 0.966 bits per heavy atom. The van der Waals surface area contributed by atoms with E-state index in [0.717, 1.165) is 22.9 Å². The van der Waals surface area contributed by atoms with Gasteiger partial charge in [0.2, 0.25) is 15.9 Å². The van der Waals surface area contributed by atoms with Gasteiger partial charge in [0.05, 0.1) is 22.9 Å². The molecule has 158 valence electrons. The number of carbonyl (C=O) groups is 1. The molecule has 0 saturated heterocycles. The molecular formula is C19H23FN2O5S2. The number of benzene rings is 2.